The average molecular weight is 396 g/mol. The summed E-state index contributed by atoms with van der Waals surface area (Å²) in [7, 11) is 1.79. The Morgan fingerprint density at radius 3 is 2.59 bits per heavy atom. The van der Waals surface area contributed by atoms with Gasteiger partial charge in [-0.15, -0.1) is 0 Å². The van der Waals surface area contributed by atoms with Gasteiger partial charge >= 0.3 is 0 Å². The number of hydrogen-bond acceptors (Lipinski definition) is 3. The monoisotopic (exact) mass is 395 g/mol. The van der Waals surface area contributed by atoms with Gasteiger partial charge in [-0.2, -0.15) is 0 Å². The molecule has 0 bridgehead atoms. The van der Waals surface area contributed by atoms with Crippen LogP contribution in [-0.2, 0) is 5.41 Å². The molecule has 1 aliphatic heterocycles. The first kappa shape index (κ1) is 19.7. The molecule has 0 unspecified atom stereocenters. The lowest BCUT2D eigenvalue weighted by Crippen LogP contribution is -2.50. The molecule has 2 heterocycles. The van der Waals surface area contributed by atoms with Crippen LogP contribution in [0, 0.1) is 12.7 Å². The Bertz CT molecular complexity index is 852. The Labute approximate surface area is 172 Å². The molecule has 1 aliphatic carbocycles. The number of aryl methyl sites for hydroxylation is 1. The number of pyridine rings is 1. The van der Waals surface area contributed by atoms with Crippen molar-refractivity contribution in [3.05, 3.63) is 59.5 Å². The van der Waals surface area contributed by atoms with E-state index in [4.69, 9.17) is 0 Å². The summed E-state index contributed by atoms with van der Waals surface area (Å²) < 4.78 is 14.2. The van der Waals surface area contributed by atoms with E-state index in [0.29, 0.717) is 12.6 Å². The highest BCUT2D eigenvalue weighted by atomic mass is 19.1. The molecule has 2 N–H and O–H groups in total. The van der Waals surface area contributed by atoms with Crippen LogP contribution in [0.25, 0.3) is 0 Å². The number of hydrogen-bond donors (Lipinski definition) is 2. The van der Waals surface area contributed by atoms with Crippen molar-refractivity contribution in [1.82, 2.24) is 15.6 Å². The number of halogens is 1. The minimum Gasteiger partial charge on any atom is -0.356 e. The topological polar surface area (TPSA) is 52.6 Å². The summed E-state index contributed by atoms with van der Waals surface area (Å²) in [6.45, 7) is 4.72. The second-order valence-electron chi connectivity index (χ2n) is 8.29. The zero-order chi connectivity index (χ0) is 20.3. The second-order valence-corrected chi connectivity index (χ2v) is 8.29. The molecule has 1 saturated carbocycles. The number of rotatable bonds is 5. The van der Waals surface area contributed by atoms with E-state index in [9.17, 15) is 4.39 Å². The number of guanidine groups is 1. The van der Waals surface area contributed by atoms with E-state index >= 15 is 0 Å². The van der Waals surface area contributed by atoms with Gasteiger partial charge in [0, 0.05) is 44.3 Å². The summed E-state index contributed by atoms with van der Waals surface area (Å²) in [5.74, 6) is 1.75. The molecule has 0 amide bonds. The second kappa shape index (κ2) is 8.39. The highest BCUT2D eigenvalue weighted by Gasteiger charge is 2.45. The largest absolute Gasteiger partial charge is 0.356 e. The zero-order valence-corrected chi connectivity index (χ0v) is 17.3. The molecule has 1 saturated heterocycles. The predicted octanol–water partition coefficient (Wildman–Crippen LogP) is 3.39. The fourth-order valence-corrected chi connectivity index (χ4v) is 4.12. The standard InChI is InChI=1S/C23H30FN5/c1-17-7-8-21(26-15-17)29-13-9-18(10-14-29)28-22(25-2)27-16-23(11-12-23)19-5-3-4-6-20(19)24/h3-8,15,18H,9-14,16H2,1-2H3,(H2,25,27,28). The average Bonchev–Trinajstić information content (AvgIpc) is 3.53. The first-order valence-electron chi connectivity index (χ1n) is 10.5. The van der Waals surface area contributed by atoms with E-state index in [2.05, 4.69) is 44.6 Å². The van der Waals surface area contributed by atoms with Gasteiger partial charge in [0.25, 0.3) is 0 Å². The van der Waals surface area contributed by atoms with Crippen molar-refractivity contribution < 1.29 is 4.39 Å². The van der Waals surface area contributed by atoms with Crippen molar-refractivity contribution >= 4 is 11.8 Å². The van der Waals surface area contributed by atoms with Crippen molar-refractivity contribution in [1.29, 1.82) is 0 Å². The summed E-state index contributed by atoms with van der Waals surface area (Å²) in [6, 6.07) is 11.7. The minimum atomic E-state index is -0.105. The summed E-state index contributed by atoms with van der Waals surface area (Å²) in [5.41, 5.74) is 1.91. The molecule has 2 aliphatic rings. The molecule has 5 nitrogen and oxygen atoms in total. The van der Waals surface area contributed by atoms with E-state index in [0.717, 1.165) is 56.1 Å². The fourth-order valence-electron chi connectivity index (χ4n) is 4.12. The molecule has 4 rings (SSSR count). The molecule has 29 heavy (non-hydrogen) atoms. The zero-order valence-electron chi connectivity index (χ0n) is 17.3. The van der Waals surface area contributed by atoms with Crippen LogP contribution in [0.2, 0.25) is 0 Å². The van der Waals surface area contributed by atoms with Crippen LogP contribution in [0.5, 0.6) is 0 Å². The molecule has 2 aromatic rings. The molecule has 6 heteroatoms. The lowest BCUT2D eigenvalue weighted by molar-refractivity contribution is 0.457. The maximum absolute atomic E-state index is 14.2. The maximum atomic E-state index is 14.2. The van der Waals surface area contributed by atoms with Gasteiger partial charge in [-0.1, -0.05) is 24.3 Å². The lowest BCUT2D eigenvalue weighted by Gasteiger charge is -2.34. The quantitative estimate of drug-likeness (QED) is 0.602. The van der Waals surface area contributed by atoms with E-state index in [-0.39, 0.29) is 11.2 Å². The van der Waals surface area contributed by atoms with Gasteiger partial charge in [0.15, 0.2) is 5.96 Å². The van der Waals surface area contributed by atoms with Crippen LogP contribution in [0.15, 0.2) is 47.6 Å². The van der Waals surface area contributed by atoms with Crippen LogP contribution < -0.4 is 15.5 Å². The first-order valence-corrected chi connectivity index (χ1v) is 10.5. The van der Waals surface area contributed by atoms with E-state index in [1.165, 1.54) is 5.56 Å². The Balaban J connectivity index is 1.28. The minimum absolute atomic E-state index is 0.0938. The third kappa shape index (κ3) is 4.52. The normalized spacial score (nSPS) is 19.1. The smallest absolute Gasteiger partial charge is 0.191 e. The van der Waals surface area contributed by atoms with Gasteiger partial charge in [0.05, 0.1) is 0 Å². The number of anilines is 1. The summed E-state index contributed by atoms with van der Waals surface area (Å²) in [5, 5.41) is 6.99. The van der Waals surface area contributed by atoms with Crippen LogP contribution in [0.1, 0.15) is 36.8 Å². The third-order valence-corrected chi connectivity index (χ3v) is 6.17. The van der Waals surface area contributed by atoms with Crippen molar-refractivity contribution in [2.24, 2.45) is 4.99 Å². The van der Waals surface area contributed by atoms with Gasteiger partial charge in [0.1, 0.15) is 11.6 Å². The van der Waals surface area contributed by atoms with Crippen LogP contribution >= 0.6 is 0 Å². The number of nitrogens with zero attached hydrogens (tertiary/aromatic N) is 3. The predicted molar refractivity (Wildman–Crippen MR) is 116 cm³/mol. The van der Waals surface area contributed by atoms with E-state index in [1.54, 1.807) is 19.2 Å². The Hall–Kier alpha value is -2.63. The van der Waals surface area contributed by atoms with Gasteiger partial charge in [-0.3, -0.25) is 4.99 Å². The number of aliphatic imine (C=N–C) groups is 1. The molecule has 1 aromatic carbocycles. The van der Waals surface area contributed by atoms with Crippen molar-refractivity contribution in [2.45, 2.75) is 44.1 Å². The molecular formula is C23H30FN5. The molecule has 154 valence electrons. The molecule has 0 atom stereocenters. The Morgan fingerprint density at radius 2 is 1.97 bits per heavy atom. The van der Waals surface area contributed by atoms with E-state index in [1.807, 2.05) is 18.3 Å². The number of aromatic nitrogens is 1. The van der Waals surface area contributed by atoms with Gasteiger partial charge in [-0.25, -0.2) is 9.37 Å². The number of nitrogens with one attached hydrogen (secondary N) is 2. The maximum Gasteiger partial charge on any atom is 0.191 e. The van der Waals surface area contributed by atoms with Gasteiger partial charge in [-0.05, 0) is 55.9 Å². The number of benzene rings is 1. The molecule has 0 radical (unpaired) electrons. The summed E-state index contributed by atoms with van der Waals surface area (Å²) in [4.78, 5) is 11.3. The van der Waals surface area contributed by atoms with Crippen molar-refractivity contribution in [3.8, 4) is 0 Å². The van der Waals surface area contributed by atoms with Crippen LogP contribution in [0.3, 0.4) is 0 Å². The van der Waals surface area contributed by atoms with Crippen LogP contribution in [-0.4, -0.2) is 43.7 Å². The molecule has 1 aromatic heterocycles. The third-order valence-electron chi connectivity index (χ3n) is 6.17. The summed E-state index contributed by atoms with van der Waals surface area (Å²) in [6.07, 6.45) is 6.03. The highest BCUT2D eigenvalue weighted by Crippen LogP contribution is 2.48. The van der Waals surface area contributed by atoms with Crippen molar-refractivity contribution in [3.63, 3.8) is 0 Å². The van der Waals surface area contributed by atoms with Gasteiger partial charge < -0.3 is 15.5 Å². The SMILES string of the molecule is CN=C(NCC1(c2ccccc2F)CC1)NC1CCN(c2ccc(C)cn2)CC1. The fraction of sp³-hybridized carbons (Fsp3) is 0.478. The van der Waals surface area contributed by atoms with E-state index < -0.39 is 0 Å². The van der Waals surface area contributed by atoms with Crippen LogP contribution in [0.4, 0.5) is 10.2 Å². The Kier molecular flexibility index (Phi) is 5.69. The first-order chi connectivity index (χ1) is 14.1. The Morgan fingerprint density at radius 1 is 1.21 bits per heavy atom. The molecule has 2 fully saturated rings. The summed E-state index contributed by atoms with van der Waals surface area (Å²) >= 11 is 0. The highest BCUT2D eigenvalue weighted by molar-refractivity contribution is 5.80. The molecule has 0 spiro atoms. The lowest BCUT2D eigenvalue weighted by atomic mass is 9.95. The number of piperidine rings is 1. The van der Waals surface area contributed by atoms with Crippen molar-refractivity contribution in [2.75, 3.05) is 31.6 Å². The molecular weight excluding hydrogens is 365 g/mol. The van der Waals surface area contributed by atoms with Gasteiger partial charge in [0.2, 0.25) is 0 Å².